The molecule has 148 valence electrons. The lowest BCUT2D eigenvalue weighted by Gasteiger charge is -2.17. The Morgan fingerprint density at radius 2 is 1.96 bits per heavy atom. The molecule has 0 bridgehead atoms. The maximum atomic E-state index is 12.8. The van der Waals surface area contributed by atoms with Gasteiger partial charge in [-0.3, -0.25) is 0 Å². The lowest BCUT2D eigenvalue weighted by Crippen LogP contribution is -2.14. The Kier molecular flexibility index (Phi) is 6.87. The number of carbonyl (C=O) groups is 1. The van der Waals surface area contributed by atoms with E-state index in [0.717, 1.165) is 30.5 Å². The van der Waals surface area contributed by atoms with Crippen LogP contribution in [0.25, 0.3) is 5.65 Å². The summed E-state index contributed by atoms with van der Waals surface area (Å²) in [4.78, 5) is 17.1. The number of halogens is 1. The van der Waals surface area contributed by atoms with Crippen molar-refractivity contribution in [3.8, 4) is 5.75 Å². The lowest BCUT2D eigenvalue weighted by atomic mass is 10.1. The van der Waals surface area contributed by atoms with Gasteiger partial charge in [-0.2, -0.15) is 5.10 Å². The van der Waals surface area contributed by atoms with Crippen LogP contribution in [0.1, 0.15) is 54.7 Å². The van der Waals surface area contributed by atoms with Gasteiger partial charge in [0.1, 0.15) is 23.5 Å². The summed E-state index contributed by atoms with van der Waals surface area (Å²) in [6.45, 7) is 4.64. The normalized spacial score (nSPS) is 11.0. The first-order valence-corrected chi connectivity index (χ1v) is 9.93. The maximum Gasteiger partial charge on any atom is 0.345 e. The highest BCUT2D eigenvalue weighted by Gasteiger charge is 2.27. The number of ether oxygens (including phenoxy) is 2. The molecule has 6 nitrogen and oxygen atoms in total. The Bertz CT molecular complexity index is 941. The van der Waals surface area contributed by atoms with Gasteiger partial charge in [-0.15, -0.1) is 0 Å². The number of benzene rings is 1. The van der Waals surface area contributed by atoms with Crippen LogP contribution in [0.4, 0.5) is 0 Å². The van der Waals surface area contributed by atoms with Crippen molar-refractivity contribution in [1.29, 1.82) is 0 Å². The first kappa shape index (κ1) is 20.1. The zero-order valence-electron chi connectivity index (χ0n) is 16.2. The summed E-state index contributed by atoms with van der Waals surface area (Å²) in [5.41, 5.74) is 2.38. The van der Waals surface area contributed by atoms with Crippen LogP contribution in [0, 0.1) is 0 Å². The van der Waals surface area contributed by atoms with Gasteiger partial charge in [-0.05, 0) is 24.8 Å². The third-order valence-corrected chi connectivity index (χ3v) is 4.73. The fourth-order valence-electron chi connectivity index (χ4n) is 2.92. The zero-order valence-corrected chi connectivity index (χ0v) is 16.9. The Balaban J connectivity index is 2.08. The monoisotopic (exact) mass is 401 g/mol. The van der Waals surface area contributed by atoms with E-state index in [9.17, 15) is 4.79 Å². The number of hydrogen-bond donors (Lipinski definition) is 0. The third-order valence-electron chi connectivity index (χ3n) is 4.34. The summed E-state index contributed by atoms with van der Waals surface area (Å²) >= 11 is 6.71. The van der Waals surface area contributed by atoms with E-state index in [1.54, 1.807) is 4.52 Å². The first-order valence-electron chi connectivity index (χ1n) is 9.55. The van der Waals surface area contributed by atoms with Gasteiger partial charge in [0.2, 0.25) is 0 Å². The Labute approximate surface area is 169 Å². The molecular weight excluding hydrogens is 378 g/mol. The Morgan fingerprint density at radius 3 is 2.68 bits per heavy atom. The van der Waals surface area contributed by atoms with Crippen molar-refractivity contribution in [2.24, 2.45) is 0 Å². The summed E-state index contributed by atoms with van der Waals surface area (Å²) in [5.74, 6) is -0.204. The summed E-state index contributed by atoms with van der Waals surface area (Å²) in [5, 5.41) is 4.65. The molecule has 0 atom stereocenters. The second-order valence-electron chi connectivity index (χ2n) is 6.47. The van der Waals surface area contributed by atoms with Crippen LogP contribution < -0.4 is 4.74 Å². The first-order chi connectivity index (χ1) is 13.7. The number of unbranched alkanes of at least 4 members (excludes halogenated alkanes) is 1. The van der Waals surface area contributed by atoms with Crippen molar-refractivity contribution < 1.29 is 14.3 Å². The molecule has 0 aliphatic heterocycles. The van der Waals surface area contributed by atoms with Crippen molar-refractivity contribution in [3.05, 3.63) is 58.5 Å². The average molecular weight is 402 g/mol. The molecule has 3 rings (SSSR count). The zero-order chi connectivity index (χ0) is 19.9. The van der Waals surface area contributed by atoms with Gasteiger partial charge in [0.05, 0.1) is 12.3 Å². The van der Waals surface area contributed by atoms with E-state index in [1.807, 2.05) is 37.3 Å². The minimum absolute atomic E-state index is 0.215. The molecule has 0 aliphatic carbocycles. The van der Waals surface area contributed by atoms with Crippen LogP contribution in [0.5, 0.6) is 5.75 Å². The van der Waals surface area contributed by atoms with Crippen molar-refractivity contribution >= 4 is 23.2 Å². The van der Waals surface area contributed by atoms with Gasteiger partial charge in [-0.1, -0.05) is 62.2 Å². The van der Waals surface area contributed by atoms with E-state index in [4.69, 9.17) is 21.1 Å². The highest BCUT2D eigenvalue weighted by atomic mass is 35.5. The number of aryl methyl sites for hydroxylation is 1. The number of pyridine rings is 1. The molecule has 7 heteroatoms. The summed E-state index contributed by atoms with van der Waals surface area (Å²) in [6, 6.07) is 9.72. The van der Waals surface area contributed by atoms with Gasteiger partial charge < -0.3 is 9.47 Å². The van der Waals surface area contributed by atoms with Crippen LogP contribution >= 0.6 is 11.6 Å². The number of fused-ring (bicyclic) bond motifs is 1. The molecular formula is C21H24ClN3O3. The highest BCUT2D eigenvalue weighted by Crippen LogP contribution is 2.36. The fraction of sp³-hybridized carbons (Fsp3) is 0.381. The number of hydrogen-bond acceptors (Lipinski definition) is 5. The Morgan fingerprint density at radius 1 is 1.18 bits per heavy atom. The molecule has 1 aromatic carbocycles. The summed E-state index contributed by atoms with van der Waals surface area (Å²) < 4.78 is 13.0. The SMILES string of the molecule is CCCCc1c(Cl)c(OCc2ccccc2)c(C(=O)OCCC)c2ncnn12. The molecule has 0 spiro atoms. The molecule has 0 saturated heterocycles. The largest absolute Gasteiger partial charge is 0.486 e. The van der Waals surface area contributed by atoms with Gasteiger partial charge in [-0.25, -0.2) is 14.3 Å². The van der Waals surface area contributed by atoms with Crippen molar-refractivity contribution in [1.82, 2.24) is 14.6 Å². The predicted octanol–water partition coefficient (Wildman–Crippen LogP) is 4.87. The van der Waals surface area contributed by atoms with E-state index in [0.29, 0.717) is 29.4 Å². The minimum atomic E-state index is -0.508. The van der Waals surface area contributed by atoms with Crippen molar-refractivity contribution in [3.63, 3.8) is 0 Å². The Hall–Kier alpha value is -2.60. The molecule has 0 radical (unpaired) electrons. The summed E-state index contributed by atoms with van der Waals surface area (Å²) in [7, 11) is 0. The van der Waals surface area contributed by atoms with E-state index >= 15 is 0 Å². The van der Waals surface area contributed by atoms with E-state index in [2.05, 4.69) is 17.0 Å². The van der Waals surface area contributed by atoms with Crippen LogP contribution in [0.3, 0.4) is 0 Å². The van der Waals surface area contributed by atoms with Crippen molar-refractivity contribution in [2.45, 2.75) is 46.1 Å². The molecule has 0 saturated carbocycles. The fourth-order valence-corrected chi connectivity index (χ4v) is 3.24. The number of aromatic nitrogens is 3. The maximum absolute atomic E-state index is 12.8. The van der Waals surface area contributed by atoms with E-state index < -0.39 is 5.97 Å². The molecule has 28 heavy (non-hydrogen) atoms. The van der Waals surface area contributed by atoms with Crippen LogP contribution in [0.2, 0.25) is 5.02 Å². The molecule has 2 aromatic heterocycles. The van der Waals surface area contributed by atoms with Gasteiger partial charge in [0.15, 0.2) is 11.4 Å². The van der Waals surface area contributed by atoms with Gasteiger partial charge in [0.25, 0.3) is 0 Å². The molecule has 0 unspecified atom stereocenters. The molecule has 3 aromatic rings. The van der Waals surface area contributed by atoms with Crippen LogP contribution in [0.15, 0.2) is 36.7 Å². The van der Waals surface area contributed by atoms with Crippen LogP contribution in [-0.2, 0) is 17.8 Å². The number of carbonyl (C=O) groups excluding carboxylic acids is 1. The number of esters is 1. The van der Waals surface area contributed by atoms with Crippen molar-refractivity contribution in [2.75, 3.05) is 6.61 Å². The number of nitrogens with zero attached hydrogens (tertiary/aromatic N) is 3. The third kappa shape index (κ3) is 4.28. The molecule has 0 fully saturated rings. The molecule has 0 N–H and O–H groups in total. The van der Waals surface area contributed by atoms with Gasteiger partial charge >= 0.3 is 5.97 Å². The highest BCUT2D eigenvalue weighted by molar-refractivity contribution is 6.33. The molecule has 0 aliphatic rings. The number of rotatable bonds is 9. The smallest absolute Gasteiger partial charge is 0.345 e. The standard InChI is InChI=1S/C21H24ClN3O3/c1-3-5-11-16-18(22)19(28-13-15-9-7-6-8-10-15)17(21(26)27-12-4-2)20-23-14-24-25(16)20/h6-10,14H,3-5,11-13H2,1-2H3. The second-order valence-corrected chi connectivity index (χ2v) is 6.85. The lowest BCUT2D eigenvalue weighted by molar-refractivity contribution is 0.0501. The topological polar surface area (TPSA) is 65.7 Å². The average Bonchev–Trinajstić information content (AvgIpc) is 3.19. The molecule has 2 heterocycles. The predicted molar refractivity (Wildman–Crippen MR) is 108 cm³/mol. The summed E-state index contributed by atoms with van der Waals surface area (Å²) in [6.07, 6.45) is 4.79. The van der Waals surface area contributed by atoms with E-state index in [1.165, 1.54) is 6.33 Å². The van der Waals surface area contributed by atoms with E-state index in [-0.39, 0.29) is 12.2 Å². The quantitative estimate of drug-likeness (QED) is 0.478. The molecule has 0 amide bonds. The minimum Gasteiger partial charge on any atom is -0.486 e. The second kappa shape index (κ2) is 9.55. The van der Waals surface area contributed by atoms with Crippen LogP contribution in [-0.4, -0.2) is 27.2 Å². The van der Waals surface area contributed by atoms with Gasteiger partial charge in [0, 0.05) is 0 Å².